The minimum absolute atomic E-state index is 0.489. The van der Waals surface area contributed by atoms with Crippen LogP contribution in [0.1, 0.15) is 44.1 Å². The molecule has 0 aromatic carbocycles. The summed E-state index contributed by atoms with van der Waals surface area (Å²) in [5.74, 6) is 0.949. The van der Waals surface area contributed by atoms with Gasteiger partial charge in [-0.15, -0.1) is 0 Å². The second-order valence-corrected chi connectivity index (χ2v) is 6.66. The van der Waals surface area contributed by atoms with Crippen LogP contribution in [0.15, 0.2) is 24.5 Å². The van der Waals surface area contributed by atoms with E-state index in [-0.39, 0.29) is 0 Å². The average Bonchev–Trinajstić information content (AvgIpc) is 2.96. The van der Waals surface area contributed by atoms with Crippen molar-refractivity contribution in [3.8, 4) is 0 Å². The second-order valence-electron chi connectivity index (χ2n) is 6.66. The standard InChI is InChI=1S/C18H28N2O/c1-5-17(6-1)14-20(15-18-9-4-12-21-18)11-3-8-16-7-2-10-19-13-16/h2,7,10,13,17-18H,1,3-6,8-9,11-12,14-15H2. The third kappa shape index (κ3) is 4.79. The molecule has 1 saturated carbocycles. The van der Waals surface area contributed by atoms with Gasteiger partial charge in [-0.05, 0) is 62.6 Å². The Morgan fingerprint density at radius 2 is 2.14 bits per heavy atom. The molecule has 3 heteroatoms. The Hall–Kier alpha value is -0.930. The van der Waals surface area contributed by atoms with Gasteiger partial charge >= 0.3 is 0 Å². The van der Waals surface area contributed by atoms with Crippen molar-refractivity contribution >= 4 is 0 Å². The highest BCUT2D eigenvalue weighted by molar-refractivity contribution is 5.08. The molecule has 1 aliphatic carbocycles. The molecule has 2 aliphatic rings. The molecule has 1 saturated heterocycles. The van der Waals surface area contributed by atoms with Gasteiger partial charge in [-0.3, -0.25) is 4.98 Å². The predicted molar refractivity (Wildman–Crippen MR) is 85.3 cm³/mol. The summed E-state index contributed by atoms with van der Waals surface area (Å²) < 4.78 is 5.83. The van der Waals surface area contributed by atoms with Crippen LogP contribution in [-0.2, 0) is 11.2 Å². The maximum Gasteiger partial charge on any atom is 0.0702 e. The number of aromatic nitrogens is 1. The van der Waals surface area contributed by atoms with Crippen LogP contribution in [0, 0.1) is 5.92 Å². The maximum absolute atomic E-state index is 5.83. The third-order valence-electron chi connectivity index (χ3n) is 4.89. The first-order valence-corrected chi connectivity index (χ1v) is 8.63. The summed E-state index contributed by atoms with van der Waals surface area (Å²) in [6.07, 6.45) is 13.5. The minimum atomic E-state index is 0.489. The summed E-state index contributed by atoms with van der Waals surface area (Å²) >= 11 is 0. The molecule has 1 atom stereocenters. The summed E-state index contributed by atoms with van der Waals surface area (Å²) in [5, 5.41) is 0. The van der Waals surface area contributed by atoms with Crippen LogP contribution in [-0.4, -0.2) is 42.2 Å². The Morgan fingerprint density at radius 3 is 2.81 bits per heavy atom. The van der Waals surface area contributed by atoms with E-state index >= 15 is 0 Å². The van der Waals surface area contributed by atoms with Crippen molar-refractivity contribution in [1.29, 1.82) is 0 Å². The summed E-state index contributed by atoms with van der Waals surface area (Å²) in [6, 6.07) is 4.22. The number of nitrogens with zero attached hydrogens (tertiary/aromatic N) is 2. The maximum atomic E-state index is 5.83. The second kappa shape index (κ2) is 7.90. The highest BCUT2D eigenvalue weighted by atomic mass is 16.5. The van der Waals surface area contributed by atoms with Gasteiger partial charge in [0.25, 0.3) is 0 Å². The smallest absolute Gasteiger partial charge is 0.0702 e. The molecule has 3 nitrogen and oxygen atoms in total. The van der Waals surface area contributed by atoms with Crippen LogP contribution >= 0.6 is 0 Å². The zero-order chi connectivity index (χ0) is 14.3. The minimum Gasteiger partial charge on any atom is -0.377 e. The van der Waals surface area contributed by atoms with E-state index in [1.165, 1.54) is 57.2 Å². The number of ether oxygens (including phenoxy) is 1. The highest BCUT2D eigenvalue weighted by Crippen LogP contribution is 2.27. The van der Waals surface area contributed by atoms with Gasteiger partial charge in [-0.25, -0.2) is 0 Å². The SMILES string of the molecule is c1cncc(CCCN(CC2CCC2)CC2CCCO2)c1. The molecule has 21 heavy (non-hydrogen) atoms. The highest BCUT2D eigenvalue weighted by Gasteiger charge is 2.24. The molecular weight excluding hydrogens is 260 g/mol. The first-order chi connectivity index (χ1) is 10.4. The summed E-state index contributed by atoms with van der Waals surface area (Å²) in [6.45, 7) is 4.60. The predicted octanol–water partition coefficient (Wildman–Crippen LogP) is 3.30. The van der Waals surface area contributed by atoms with E-state index in [0.29, 0.717) is 6.10 Å². The van der Waals surface area contributed by atoms with E-state index in [0.717, 1.165) is 25.5 Å². The molecule has 3 rings (SSSR count). The van der Waals surface area contributed by atoms with E-state index in [4.69, 9.17) is 4.74 Å². The van der Waals surface area contributed by atoms with Crippen molar-refractivity contribution in [2.45, 2.75) is 51.0 Å². The fraction of sp³-hybridized carbons (Fsp3) is 0.722. The Balaban J connectivity index is 1.43. The number of aryl methyl sites for hydroxylation is 1. The van der Waals surface area contributed by atoms with E-state index in [2.05, 4.69) is 16.0 Å². The summed E-state index contributed by atoms with van der Waals surface area (Å²) in [7, 11) is 0. The quantitative estimate of drug-likeness (QED) is 0.734. The van der Waals surface area contributed by atoms with E-state index in [1.807, 2.05) is 18.5 Å². The Kier molecular flexibility index (Phi) is 5.64. The zero-order valence-corrected chi connectivity index (χ0v) is 13.0. The van der Waals surface area contributed by atoms with Gasteiger partial charge in [0.2, 0.25) is 0 Å². The molecule has 0 radical (unpaired) electrons. The molecule has 116 valence electrons. The Morgan fingerprint density at radius 1 is 1.19 bits per heavy atom. The molecule has 0 spiro atoms. The molecule has 0 N–H and O–H groups in total. The number of pyridine rings is 1. The molecule has 0 amide bonds. The molecule has 1 aromatic heterocycles. The first-order valence-electron chi connectivity index (χ1n) is 8.63. The monoisotopic (exact) mass is 288 g/mol. The lowest BCUT2D eigenvalue weighted by Gasteiger charge is -2.33. The number of rotatable bonds is 8. The fourth-order valence-electron chi connectivity index (χ4n) is 3.43. The van der Waals surface area contributed by atoms with Gasteiger partial charge in [-0.2, -0.15) is 0 Å². The molecular formula is C18H28N2O. The first kappa shape index (κ1) is 15.0. The van der Waals surface area contributed by atoms with E-state index in [1.54, 1.807) is 0 Å². The van der Waals surface area contributed by atoms with E-state index in [9.17, 15) is 0 Å². The number of hydrogen-bond donors (Lipinski definition) is 0. The van der Waals surface area contributed by atoms with Crippen molar-refractivity contribution in [3.63, 3.8) is 0 Å². The molecule has 2 fully saturated rings. The van der Waals surface area contributed by atoms with Crippen LogP contribution < -0.4 is 0 Å². The Labute approximate surface area is 128 Å². The normalized spacial score (nSPS) is 22.6. The van der Waals surface area contributed by atoms with Gasteiger partial charge in [0.05, 0.1) is 6.10 Å². The average molecular weight is 288 g/mol. The van der Waals surface area contributed by atoms with Gasteiger partial charge in [-0.1, -0.05) is 12.5 Å². The topological polar surface area (TPSA) is 25.4 Å². The van der Waals surface area contributed by atoms with Crippen molar-refractivity contribution in [2.24, 2.45) is 5.92 Å². The summed E-state index contributed by atoms with van der Waals surface area (Å²) in [4.78, 5) is 6.87. The lowest BCUT2D eigenvalue weighted by atomic mass is 9.85. The van der Waals surface area contributed by atoms with Crippen molar-refractivity contribution in [3.05, 3.63) is 30.1 Å². The lowest BCUT2D eigenvalue weighted by Crippen LogP contribution is -2.38. The number of hydrogen-bond acceptors (Lipinski definition) is 3. The lowest BCUT2D eigenvalue weighted by molar-refractivity contribution is 0.0607. The van der Waals surface area contributed by atoms with Gasteiger partial charge < -0.3 is 9.64 Å². The van der Waals surface area contributed by atoms with E-state index < -0.39 is 0 Å². The van der Waals surface area contributed by atoms with Crippen LogP contribution in [0.25, 0.3) is 0 Å². The Bertz CT molecular complexity index is 399. The molecule has 2 heterocycles. The van der Waals surface area contributed by atoms with Crippen molar-refractivity contribution in [2.75, 3.05) is 26.2 Å². The molecule has 1 unspecified atom stereocenters. The van der Waals surface area contributed by atoms with Gasteiger partial charge in [0, 0.05) is 32.1 Å². The van der Waals surface area contributed by atoms with Gasteiger partial charge in [0.1, 0.15) is 0 Å². The largest absolute Gasteiger partial charge is 0.377 e. The summed E-state index contributed by atoms with van der Waals surface area (Å²) in [5.41, 5.74) is 1.36. The van der Waals surface area contributed by atoms with Crippen molar-refractivity contribution < 1.29 is 4.74 Å². The van der Waals surface area contributed by atoms with Gasteiger partial charge in [0.15, 0.2) is 0 Å². The van der Waals surface area contributed by atoms with Crippen LogP contribution in [0.2, 0.25) is 0 Å². The fourth-order valence-corrected chi connectivity index (χ4v) is 3.43. The zero-order valence-electron chi connectivity index (χ0n) is 13.0. The molecule has 1 aliphatic heterocycles. The van der Waals surface area contributed by atoms with Crippen LogP contribution in [0.4, 0.5) is 0 Å². The molecule has 0 bridgehead atoms. The van der Waals surface area contributed by atoms with Crippen LogP contribution in [0.3, 0.4) is 0 Å². The van der Waals surface area contributed by atoms with Crippen LogP contribution in [0.5, 0.6) is 0 Å². The molecule has 1 aromatic rings. The third-order valence-corrected chi connectivity index (χ3v) is 4.89. The van der Waals surface area contributed by atoms with Crippen molar-refractivity contribution in [1.82, 2.24) is 9.88 Å².